The van der Waals surface area contributed by atoms with E-state index in [0.717, 1.165) is 24.8 Å². The zero-order chi connectivity index (χ0) is 32.9. The lowest BCUT2D eigenvalue weighted by Crippen LogP contribution is -2.50. The first-order valence-electron chi connectivity index (χ1n) is 15.5. The van der Waals surface area contributed by atoms with E-state index >= 15 is 0 Å². The first-order chi connectivity index (χ1) is 21.6. The fourth-order valence-electron chi connectivity index (χ4n) is 5.01. The molecule has 1 saturated heterocycles. The average Bonchev–Trinajstić information content (AvgIpc) is 3.04. The maximum absolute atomic E-state index is 13.7. The maximum atomic E-state index is 13.7. The minimum absolute atomic E-state index is 0.0366. The highest BCUT2D eigenvalue weighted by Crippen LogP contribution is 2.31. The van der Waals surface area contributed by atoms with E-state index in [2.05, 4.69) is 17.6 Å². The number of carbonyl (C=O) groups is 5. The summed E-state index contributed by atoms with van der Waals surface area (Å²) in [6.45, 7) is 8.57. The van der Waals surface area contributed by atoms with Crippen molar-refractivity contribution in [1.82, 2.24) is 5.32 Å². The summed E-state index contributed by atoms with van der Waals surface area (Å²) < 4.78 is 23.2. The van der Waals surface area contributed by atoms with Gasteiger partial charge in [0.2, 0.25) is 6.41 Å². The number of rotatable bonds is 14. The molecule has 1 heterocycles. The standard InChI is InChI=1S/C34H44N2O9/c1-6-7-8-12-16-26-29(45-32(39)21(2)3)23(5)44-34(41)28(22(4)43-33(26)40)36-31(38)25-17-13-18-27(35-20-37)30(25)42-19-24-14-10-9-11-15-24/h9-11,13-15,17-18,20-23,26,28-29H,6-8,12,16,19H2,1-5H3,(H,35,37)(H,36,38)/t22-,23+,26-,28+,29+/m1/s1. The first kappa shape index (κ1) is 35.1. The van der Waals surface area contributed by atoms with Gasteiger partial charge in [0.05, 0.1) is 23.1 Å². The number of ether oxygens (including phenoxy) is 4. The first-order valence-corrected chi connectivity index (χ1v) is 15.5. The number of carbonyl (C=O) groups excluding carboxylic acids is 5. The molecule has 11 nitrogen and oxygen atoms in total. The SMILES string of the molecule is CCCCCC[C@H]1C(=O)O[C@H](C)[C@H](NC(=O)c2cccc(NC=O)c2OCc2ccccc2)C(=O)O[C@@H](C)[C@@H]1OC(=O)C(C)C. The van der Waals surface area contributed by atoms with Crippen LogP contribution in [0.4, 0.5) is 5.69 Å². The van der Waals surface area contributed by atoms with Gasteiger partial charge in [-0.05, 0) is 38.0 Å². The highest BCUT2D eigenvalue weighted by Gasteiger charge is 2.44. The predicted molar refractivity (Wildman–Crippen MR) is 166 cm³/mol. The molecule has 1 fully saturated rings. The molecule has 3 rings (SSSR count). The molecule has 0 aliphatic carbocycles. The second kappa shape index (κ2) is 17.2. The van der Waals surface area contributed by atoms with Gasteiger partial charge in [-0.3, -0.25) is 19.2 Å². The maximum Gasteiger partial charge on any atom is 0.332 e. The number of hydrogen-bond acceptors (Lipinski definition) is 9. The smallest absolute Gasteiger partial charge is 0.332 e. The number of para-hydroxylation sites is 1. The van der Waals surface area contributed by atoms with Gasteiger partial charge in [-0.2, -0.15) is 0 Å². The van der Waals surface area contributed by atoms with Crippen LogP contribution in [0.1, 0.15) is 82.6 Å². The Morgan fingerprint density at radius 2 is 1.64 bits per heavy atom. The van der Waals surface area contributed by atoms with Crippen molar-refractivity contribution in [2.45, 2.75) is 97.7 Å². The van der Waals surface area contributed by atoms with Crippen molar-refractivity contribution in [1.29, 1.82) is 0 Å². The van der Waals surface area contributed by atoms with E-state index in [9.17, 15) is 24.0 Å². The summed E-state index contributed by atoms with van der Waals surface area (Å²) in [5, 5.41) is 5.17. The monoisotopic (exact) mass is 624 g/mol. The molecule has 0 unspecified atom stereocenters. The number of hydrogen-bond donors (Lipinski definition) is 2. The van der Waals surface area contributed by atoms with E-state index in [4.69, 9.17) is 18.9 Å². The molecule has 0 saturated carbocycles. The number of cyclic esters (lactones) is 2. The van der Waals surface area contributed by atoms with Gasteiger partial charge in [-0.25, -0.2) is 4.79 Å². The van der Waals surface area contributed by atoms with E-state index in [1.165, 1.54) is 13.0 Å². The molecule has 2 aromatic rings. The normalized spacial score (nSPS) is 21.8. The van der Waals surface area contributed by atoms with Crippen molar-refractivity contribution in [3.05, 3.63) is 59.7 Å². The van der Waals surface area contributed by atoms with Crippen LogP contribution in [0.2, 0.25) is 0 Å². The highest BCUT2D eigenvalue weighted by molar-refractivity contribution is 6.01. The molecule has 0 spiro atoms. The van der Waals surface area contributed by atoms with Gasteiger partial charge in [-0.15, -0.1) is 0 Å². The Labute approximate surface area is 264 Å². The zero-order valence-electron chi connectivity index (χ0n) is 26.6. The van der Waals surface area contributed by atoms with Gasteiger partial charge in [-0.1, -0.05) is 82.9 Å². The molecular weight excluding hydrogens is 580 g/mol. The van der Waals surface area contributed by atoms with Crippen LogP contribution in [-0.2, 0) is 40.0 Å². The van der Waals surface area contributed by atoms with Crippen LogP contribution in [0.3, 0.4) is 0 Å². The van der Waals surface area contributed by atoms with E-state index in [1.807, 2.05) is 30.3 Å². The topological polar surface area (TPSA) is 146 Å². The second-order valence-electron chi connectivity index (χ2n) is 11.5. The number of esters is 3. The summed E-state index contributed by atoms with van der Waals surface area (Å²) in [6.07, 6.45) is 1.20. The fraction of sp³-hybridized carbons (Fsp3) is 0.500. The second-order valence-corrected chi connectivity index (χ2v) is 11.5. The molecular formula is C34H44N2O9. The zero-order valence-corrected chi connectivity index (χ0v) is 26.6. The van der Waals surface area contributed by atoms with Crippen molar-refractivity contribution in [2.75, 3.05) is 5.32 Å². The molecule has 0 radical (unpaired) electrons. The lowest BCUT2D eigenvalue weighted by molar-refractivity contribution is -0.177. The molecule has 2 amide bonds. The van der Waals surface area contributed by atoms with Gasteiger partial charge in [0.25, 0.3) is 5.91 Å². The highest BCUT2D eigenvalue weighted by atomic mass is 16.6. The Kier molecular flexibility index (Phi) is 13.4. The summed E-state index contributed by atoms with van der Waals surface area (Å²) in [7, 11) is 0. The van der Waals surface area contributed by atoms with Crippen LogP contribution in [0.15, 0.2) is 48.5 Å². The summed E-state index contributed by atoms with van der Waals surface area (Å²) in [5.74, 6) is -3.99. The van der Waals surface area contributed by atoms with Crippen LogP contribution >= 0.6 is 0 Å². The third-order valence-electron chi connectivity index (χ3n) is 7.57. The Morgan fingerprint density at radius 3 is 2.31 bits per heavy atom. The third kappa shape index (κ3) is 9.79. The van der Waals surface area contributed by atoms with Crippen LogP contribution in [-0.4, -0.2) is 54.6 Å². The summed E-state index contributed by atoms with van der Waals surface area (Å²) in [6, 6.07) is 12.5. The molecule has 1 aliphatic heterocycles. The Morgan fingerprint density at radius 1 is 0.933 bits per heavy atom. The molecule has 0 aromatic heterocycles. The van der Waals surface area contributed by atoms with E-state index in [1.54, 1.807) is 32.9 Å². The lowest BCUT2D eigenvalue weighted by Gasteiger charge is -2.29. The van der Waals surface area contributed by atoms with E-state index in [-0.39, 0.29) is 23.6 Å². The average molecular weight is 625 g/mol. The van der Waals surface area contributed by atoms with E-state index < -0.39 is 60.0 Å². The number of benzene rings is 2. The minimum Gasteiger partial charge on any atom is -0.486 e. The van der Waals surface area contributed by atoms with Crippen LogP contribution in [0.5, 0.6) is 5.75 Å². The molecule has 11 heteroatoms. The molecule has 244 valence electrons. The molecule has 2 N–H and O–H groups in total. The van der Waals surface area contributed by atoms with Gasteiger partial charge in [0, 0.05) is 0 Å². The van der Waals surface area contributed by atoms with Crippen molar-refractivity contribution >= 4 is 35.9 Å². The minimum atomic E-state index is -1.39. The number of anilines is 1. The van der Waals surface area contributed by atoms with Crippen molar-refractivity contribution in [2.24, 2.45) is 11.8 Å². The van der Waals surface area contributed by atoms with Crippen LogP contribution in [0, 0.1) is 11.8 Å². The predicted octanol–water partition coefficient (Wildman–Crippen LogP) is 4.96. The Bertz CT molecular complexity index is 1310. The van der Waals surface area contributed by atoms with Gasteiger partial charge in [0.15, 0.2) is 17.9 Å². The third-order valence-corrected chi connectivity index (χ3v) is 7.57. The van der Waals surface area contributed by atoms with Crippen LogP contribution < -0.4 is 15.4 Å². The van der Waals surface area contributed by atoms with Gasteiger partial charge < -0.3 is 29.6 Å². The molecule has 45 heavy (non-hydrogen) atoms. The Hall–Kier alpha value is -4.41. The molecule has 5 atom stereocenters. The lowest BCUT2D eigenvalue weighted by atomic mass is 9.92. The molecule has 0 bridgehead atoms. The van der Waals surface area contributed by atoms with E-state index in [0.29, 0.717) is 19.3 Å². The quantitative estimate of drug-likeness (QED) is 0.129. The number of unbranched alkanes of at least 4 members (excludes halogenated alkanes) is 3. The van der Waals surface area contributed by atoms with Gasteiger partial charge in [0.1, 0.15) is 18.8 Å². The van der Waals surface area contributed by atoms with Crippen molar-refractivity contribution in [3.8, 4) is 5.75 Å². The largest absolute Gasteiger partial charge is 0.486 e. The summed E-state index contributed by atoms with van der Waals surface area (Å²) in [5.41, 5.74) is 1.12. The van der Waals surface area contributed by atoms with Crippen molar-refractivity contribution in [3.63, 3.8) is 0 Å². The summed E-state index contributed by atoms with van der Waals surface area (Å²) >= 11 is 0. The molecule has 1 aliphatic rings. The number of nitrogens with one attached hydrogen (secondary N) is 2. The van der Waals surface area contributed by atoms with Gasteiger partial charge >= 0.3 is 17.9 Å². The molecule has 2 aromatic carbocycles. The van der Waals surface area contributed by atoms with Crippen LogP contribution in [0.25, 0.3) is 0 Å². The Balaban J connectivity index is 1.89. The van der Waals surface area contributed by atoms with Crippen molar-refractivity contribution < 1.29 is 42.9 Å². The number of amides is 2. The summed E-state index contributed by atoms with van der Waals surface area (Å²) in [4.78, 5) is 64.6. The fourth-order valence-corrected chi connectivity index (χ4v) is 5.01.